The maximum atomic E-state index is 3.50. The molecule has 0 aliphatic heterocycles. The van der Waals surface area contributed by atoms with Gasteiger partial charge in [0, 0.05) is 8.80 Å². The molecule has 1 rings (SSSR count). The van der Waals surface area contributed by atoms with E-state index in [0.717, 1.165) is 6.42 Å². The van der Waals surface area contributed by atoms with Gasteiger partial charge in [-0.1, -0.05) is 39.3 Å². The largest absolute Gasteiger partial charge is 1.00 e. The van der Waals surface area contributed by atoms with Crippen molar-refractivity contribution in [3.8, 4) is 0 Å². The Bertz CT molecular complexity index is 231. The molecule has 0 spiro atoms. The van der Waals surface area contributed by atoms with E-state index in [1.54, 1.807) is 10.8 Å². The van der Waals surface area contributed by atoms with Crippen LogP contribution in [-0.4, -0.2) is 8.80 Å². The zero-order valence-electron chi connectivity index (χ0n) is 9.86. The predicted octanol–water partition coefficient (Wildman–Crippen LogP) is 0.122. The van der Waals surface area contributed by atoms with Crippen LogP contribution in [0.15, 0.2) is 16.8 Å². The van der Waals surface area contributed by atoms with Crippen LogP contribution in [0.3, 0.4) is 0 Å². The van der Waals surface area contributed by atoms with E-state index in [1.165, 1.54) is 0 Å². The Morgan fingerprint density at radius 3 is 2.15 bits per heavy atom. The van der Waals surface area contributed by atoms with Gasteiger partial charge in [0.1, 0.15) is 0 Å². The second kappa shape index (κ2) is 4.69. The van der Waals surface area contributed by atoms with Crippen molar-refractivity contribution in [1.82, 2.24) is 0 Å². The Balaban J connectivity index is 0.00000144. The number of rotatable bonds is 1. The molecule has 0 saturated heterocycles. The SMILES string of the molecule is C[SiH](C)C1=[C-]CC=C1C(C)(C)C.[Li+]. The summed E-state index contributed by atoms with van der Waals surface area (Å²) in [7, 11) is -0.643. The fourth-order valence-electron chi connectivity index (χ4n) is 1.69. The standard InChI is InChI=1S/C11H19Si.Li/c1-11(2,3)9-7-6-8-10(9)12(4)5;/h7,12H,6H2,1-5H3;/q-1;+1. The van der Waals surface area contributed by atoms with Crippen molar-refractivity contribution < 1.29 is 18.9 Å². The van der Waals surface area contributed by atoms with Crippen molar-refractivity contribution in [2.45, 2.75) is 40.3 Å². The van der Waals surface area contributed by atoms with E-state index in [1.807, 2.05) is 0 Å². The van der Waals surface area contributed by atoms with E-state index in [9.17, 15) is 0 Å². The molecular weight excluding hydrogens is 167 g/mol. The van der Waals surface area contributed by atoms with Crippen LogP contribution < -0.4 is 18.9 Å². The smallest absolute Gasteiger partial charge is 0.274 e. The summed E-state index contributed by atoms with van der Waals surface area (Å²) in [5.41, 5.74) is 1.89. The predicted molar refractivity (Wildman–Crippen MR) is 57.8 cm³/mol. The van der Waals surface area contributed by atoms with Crippen molar-refractivity contribution in [2.24, 2.45) is 5.41 Å². The fraction of sp³-hybridized carbons (Fsp3) is 0.636. The first kappa shape index (κ1) is 13.3. The third kappa shape index (κ3) is 3.16. The molecule has 0 unspecified atom stereocenters. The molecule has 0 saturated carbocycles. The normalized spacial score (nSPS) is 16.8. The van der Waals surface area contributed by atoms with Crippen LogP contribution in [0.2, 0.25) is 13.1 Å². The topological polar surface area (TPSA) is 0 Å². The van der Waals surface area contributed by atoms with Crippen LogP contribution in [0.5, 0.6) is 0 Å². The molecule has 0 bridgehead atoms. The van der Waals surface area contributed by atoms with E-state index in [-0.39, 0.29) is 18.9 Å². The van der Waals surface area contributed by atoms with Gasteiger partial charge in [0.15, 0.2) is 0 Å². The summed E-state index contributed by atoms with van der Waals surface area (Å²) in [6, 6.07) is 0. The molecule has 0 atom stereocenters. The number of allylic oxidation sites excluding steroid dienone is 4. The maximum absolute atomic E-state index is 3.50. The summed E-state index contributed by atoms with van der Waals surface area (Å²) in [6.07, 6.45) is 6.90. The molecule has 1 aliphatic rings. The quantitative estimate of drug-likeness (QED) is 0.403. The van der Waals surface area contributed by atoms with Crippen LogP contribution in [0.1, 0.15) is 27.2 Å². The van der Waals surface area contributed by atoms with Gasteiger partial charge in [-0.25, -0.2) is 5.20 Å². The Hall–Kier alpha value is 0.294. The molecule has 0 amide bonds. The van der Waals surface area contributed by atoms with Gasteiger partial charge in [-0.05, 0) is 0 Å². The van der Waals surface area contributed by atoms with Crippen molar-refractivity contribution in [2.75, 3.05) is 0 Å². The fourth-order valence-corrected chi connectivity index (χ4v) is 3.39. The first-order valence-corrected chi connectivity index (χ1v) is 7.63. The minimum Gasteiger partial charge on any atom is -0.274 e. The maximum Gasteiger partial charge on any atom is 1.00 e. The molecule has 0 fully saturated rings. The summed E-state index contributed by atoms with van der Waals surface area (Å²) in [4.78, 5) is 0. The van der Waals surface area contributed by atoms with Gasteiger partial charge >= 0.3 is 18.9 Å². The van der Waals surface area contributed by atoms with Crippen LogP contribution >= 0.6 is 0 Å². The molecule has 2 heteroatoms. The van der Waals surface area contributed by atoms with E-state index in [2.05, 4.69) is 46.0 Å². The van der Waals surface area contributed by atoms with Crippen LogP contribution in [-0.2, 0) is 0 Å². The van der Waals surface area contributed by atoms with Gasteiger partial charge in [-0.2, -0.15) is 11.6 Å². The molecule has 13 heavy (non-hydrogen) atoms. The Kier molecular flexibility index (Phi) is 4.79. The minimum absolute atomic E-state index is 0. The van der Waals surface area contributed by atoms with Gasteiger partial charge in [0.05, 0.1) is 0 Å². The first-order chi connectivity index (χ1) is 5.43. The van der Waals surface area contributed by atoms with E-state index in [4.69, 9.17) is 0 Å². The summed E-state index contributed by atoms with van der Waals surface area (Å²) >= 11 is 0. The average Bonchev–Trinajstić information content (AvgIpc) is 2.30. The molecule has 0 heterocycles. The van der Waals surface area contributed by atoms with Crippen molar-refractivity contribution >= 4 is 8.80 Å². The number of hydrogen-bond acceptors (Lipinski definition) is 0. The van der Waals surface area contributed by atoms with Crippen LogP contribution in [0.4, 0.5) is 0 Å². The van der Waals surface area contributed by atoms with Gasteiger partial charge in [0.25, 0.3) is 0 Å². The van der Waals surface area contributed by atoms with Crippen molar-refractivity contribution in [3.63, 3.8) is 0 Å². The summed E-state index contributed by atoms with van der Waals surface area (Å²) in [5.74, 6) is 0. The Morgan fingerprint density at radius 1 is 1.31 bits per heavy atom. The van der Waals surface area contributed by atoms with Gasteiger partial charge < -0.3 is 0 Å². The van der Waals surface area contributed by atoms with Crippen LogP contribution in [0.25, 0.3) is 0 Å². The third-order valence-electron chi connectivity index (χ3n) is 2.27. The molecular formula is C11H19LiSi. The van der Waals surface area contributed by atoms with E-state index in [0.29, 0.717) is 5.41 Å². The average molecular weight is 186 g/mol. The zero-order chi connectivity index (χ0) is 9.35. The van der Waals surface area contributed by atoms with Gasteiger partial charge in [-0.15, -0.1) is 6.42 Å². The molecule has 1 aliphatic carbocycles. The second-order valence-corrected chi connectivity index (χ2v) is 7.70. The summed E-state index contributed by atoms with van der Waals surface area (Å²) in [6.45, 7) is 11.6. The first-order valence-electron chi connectivity index (χ1n) is 4.74. The molecule has 0 radical (unpaired) electrons. The van der Waals surface area contributed by atoms with E-state index < -0.39 is 8.80 Å². The second-order valence-electron chi connectivity index (χ2n) is 4.82. The minimum atomic E-state index is -0.643. The van der Waals surface area contributed by atoms with E-state index >= 15 is 0 Å². The molecule has 0 nitrogen and oxygen atoms in total. The Morgan fingerprint density at radius 2 is 1.85 bits per heavy atom. The molecule has 0 aromatic carbocycles. The molecule has 0 aromatic heterocycles. The monoisotopic (exact) mass is 186 g/mol. The van der Waals surface area contributed by atoms with Gasteiger partial charge in [0.2, 0.25) is 0 Å². The van der Waals surface area contributed by atoms with Crippen LogP contribution in [0, 0.1) is 11.5 Å². The molecule has 0 N–H and O–H groups in total. The summed E-state index contributed by atoms with van der Waals surface area (Å²) < 4.78 is 0. The molecule has 0 aromatic rings. The van der Waals surface area contributed by atoms with Gasteiger partial charge in [-0.3, -0.25) is 6.08 Å². The van der Waals surface area contributed by atoms with Crippen molar-refractivity contribution in [3.05, 3.63) is 22.9 Å². The van der Waals surface area contributed by atoms with Crippen molar-refractivity contribution in [1.29, 1.82) is 0 Å². The number of hydrogen-bond donors (Lipinski definition) is 0. The zero-order valence-corrected chi connectivity index (χ0v) is 11.0. The Labute approximate surface area is 96.3 Å². The summed E-state index contributed by atoms with van der Waals surface area (Å²) in [5, 5.41) is 1.57. The third-order valence-corrected chi connectivity index (χ3v) is 3.94. The molecule has 68 valence electrons.